The molecule has 0 saturated heterocycles. The second-order valence-electron chi connectivity index (χ2n) is 5.36. The number of thiazole rings is 1. The number of amides is 1. The number of hydrogen-bond acceptors (Lipinski definition) is 4. The lowest BCUT2D eigenvalue weighted by molar-refractivity contribution is -0.384. The highest BCUT2D eigenvalue weighted by Gasteiger charge is 2.09. The summed E-state index contributed by atoms with van der Waals surface area (Å²) in [5.74, 6) is -0.293. The Kier molecular flexibility index (Phi) is 4.85. The summed E-state index contributed by atoms with van der Waals surface area (Å²) in [5, 5.41) is 10.7. The minimum absolute atomic E-state index is 0.00136. The molecule has 0 N–H and O–H groups in total. The summed E-state index contributed by atoms with van der Waals surface area (Å²) in [6.07, 6.45) is 1.86. The van der Waals surface area contributed by atoms with Gasteiger partial charge in [0.25, 0.3) is 11.6 Å². The molecule has 0 saturated carbocycles. The van der Waals surface area contributed by atoms with E-state index in [0.29, 0.717) is 16.9 Å². The van der Waals surface area contributed by atoms with Gasteiger partial charge in [0, 0.05) is 18.7 Å². The molecule has 0 radical (unpaired) electrons. The molecule has 0 aliphatic carbocycles. The molecule has 1 heterocycles. The van der Waals surface area contributed by atoms with Crippen LogP contribution in [0.3, 0.4) is 0 Å². The lowest BCUT2D eigenvalue weighted by Crippen LogP contribution is -2.16. The standard InChI is InChI=1S/C18H15N3O3S/c1-2-11-20-15-5-3-4-6-16(15)25-18(20)19-17(22)12-13-7-9-14(10-8-13)21(23)24/h2-10H,1,11-12H2. The van der Waals surface area contributed by atoms with Gasteiger partial charge in [0.1, 0.15) is 0 Å². The van der Waals surface area contributed by atoms with Gasteiger partial charge in [-0.1, -0.05) is 41.7 Å². The molecule has 6 nitrogen and oxygen atoms in total. The van der Waals surface area contributed by atoms with E-state index in [1.807, 2.05) is 28.8 Å². The van der Waals surface area contributed by atoms with Gasteiger partial charge in [-0.05, 0) is 17.7 Å². The fourth-order valence-corrected chi connectivity index (χ4v) is 3.52. The van der Waals surface area contributed by atoms with Gasteiger partial charge in [-0.2, -0.15) is 4.99 Å². The van der Waals surface area contributed by atoms with Crippen molar-refractivity contribution in [1.29, 1.82) is 0 Å². The van der Waals surface area contributed by atoms with E-state index in [2.05, 4.69) is 11.6 Å². The van der Waals surface area contributed by atoms with Gasteiger partial charge in [0.2, 0.25) is 0 Å². The third-order valence-electron chi connectivity index (χ3n) is 3.62. The van der Waals surface area contributed by atoms with Gasteiger partial charge in [-0.15, -0.1) is 6.58 Å². The molecule has 7 heteroatoms. The van der Waals surface area contributed by atoms with Gasteiger partial charge in [0.15, 0.2) is 4.80 Å². The summed E-state index contributed by atoms with van der Waals surface area (Å²) in [5.41, 5.74) is 1.70. The number of fused-ring (bicyclic) bond motifs is 1. The monoisotopic (exact) mass is 353 g/mol. The van der Waals surface area contributed by atoms with E-state index in [-0.39, 0.29) is 18.0 Å². The van der Waals surface area contributed by atoms with Crippen LogP contribution in [0.5, 0.6) is 0 Å². The Balaban J connectivity index is 1.90. The Morgan fingerprint density at radius 3 is 2.64 bits per heavy atom. The number of nitrogens with zero attached hydrogens (tertiary/aromatic N) is 3. The van der Waals surface area contributed by atoms with Crippen LogP contribution in [-0.2, 0) is 17.8 Å². The largest absolute Gasteiger partial charge is 0.313 e. The number of aromatic nitrogens is 1. The Bertz CT molecular complexity index is 1020. The maximum Gasteiger partial charge on any atom is 0.269 e. The van der Waals surface area contributed by atoms with Crippen molar-refractivity contribution in [3.8, 4) is 0 Å². The zero-order valence-electron chi connectivity index (χ0n) is 13.3. The van der Waals surface area contributed by atoms with Crippen LogP contribution in [-0.4, -0.2) is 15.4 Å². The molecule has 0 aliphatic heterocycles. The van der Waals surface area contributed by atoms with E-state index in [1.54, 1.807) is 18.2 Å². The molecule has 1 amide bonds. The Morgan fingerprint density at radius 1 is 1.24 bits per heavy atom. The first-order valence-corrected chi connectivity index (χ1v) is 8.40. The molecule has 0 bridgehead atoms. The number of carbonyl (C=O) groups excluding carboxylic acids is 1. The number of benzene rings is 2. The molecule has 0 unspecified atom stereocenters. The third kappa shape index (κ3) is 3.72. The highest BCUT2D eigenvalue weighted by molar-refractivity contribution is 7.16. The Labute approximate surface area is 147 Å². The first-order chi connectivity index (χ1) is 12.1. The quantitative estimate of drug-likeness (QED) is 0.400. The summed E-state index contributed by atoms with van der Waals surface area (Å²) < 4.78 is 2.99. The van der Waals surface area contributed by atoms with E-state index in [1.165, 1.54) is 23.5 Å². The van der Waals surface area contributed by atoms with Crippen LogP contribution in [0.1, 0.15) is 5.56 Å². The second kappa shape index (κ2) is 7.23. The van der Waals surface area contributed by atoms with E-state index in [9.17, 15) is 14.9 Å². The fourth-order valence-electron chi connectivity index (χ4n) is 2.47. The normalized spacial score (nSPS) is 11.6. The molecule has 25 heavy (non-hydrogen) atoms. The van der Waals surface area contributed by atoms with Gasteiger partial charge in [-0.25, -0.2) is 0 Å². The van der Waals surface area contributed by atoms with Crippen molar-refractivity contribution in [3.63, 3.8) is 0 Å². The molecule has 0 aliphatic rings. The van der Waals surface area contributed by atoms with Gasteiger partial charge in [0.05, 0.1) is 21.6 Å². The van der Waals surface area contributed by atoms with Crippen molar-refractivity contribution in [2.75, 3.05) is 0 Å². The highest BCUT2D eigenvalue weighted by Crippen LogP contribution is 2.17. The fraction of sp³-hybridized carbons (Fsp3) is 0.111. The van der Waals surface area contributed by atoms with Crippen LogP contribution in [0.25, 0.3) is 10.2 Å². The molecule has 3 rings (SSSR count). The van der Waals surface area contributed by atoms with Gasteiger partial charge < -0.3 is 4.57 Å². The summed E-state index contributed by atoms with van der Waals surface area (Å²) in [4.78, 5) is 27.4. The van der Waals surface area contributed by atoms with Crippen LogP contribution in [0.2, 0.25) is 0 Å². The number of hydrogen-bond donors (Lipinski definition) is 0. The minimum atomic E-state index is -0.467. The number of nitro groups is 1. The summed E-state index contributed by atoms with van der Waals surface area (Å²) >= 11 is 1.45. The molecule has 0 spiro atoms. The van der Waals surface area contributed by atoms with Crippen molar-refractivity contribution < 1.29 is 9.72 Å². The molecule has 126 valence electrons. The van der Waals surface area contributed by atoms with E-state index in [4.69, 9.17) is 0 Å². The van der Waals surface area contributed by atoms with Gasteiger partial charge >= 0.3 is 0 Å². The third-order valence-corrected chi connectivity index (χ3v) is 4.68. The number of allylic oxidation sites excluding steroid dienone is 1. The number of carbonyl (C=O) groups is 1. The average molecular weight is 353 g/mol. The smallest absolute Gasteiger partial charge is 0.269 e. The maximum absolute atomic E-state index is 12.3. The predicted molar refractivity (Wildman–Crippen MR) is 97.4 cm³/mol. The highest BCUT2D eigenvalue weighted by atomic mass is 32.1. The molecule has 0 atom stereocenters. The zero-order chi connectivity index (χ0) is 17.8. The number of rotatable bonds is 5. The van der Waals surface area contributed by atoms with E-state index < -0.39 is 4.92 Å². The average Bonchev–Trinajstić information content (AvgIpc) is 2.93. The molecule has 0 fully saturated rings. The van der Waals surface area contributed by atoms with Crippen LogP contribution in [0, 0.1) is 10.1 Å². The second-order valence-corrected chi connectivity index (χ2v) is 6.37. The van der Waals surface area contributed by atoms with Crippen LogP contribution in [0.4, 0.5) is 5.69 Å². The maximum atomic E-state index is 12.3. The van der Waals surface area contributed by atoms with Crippen molar-refractivity contribution in [3.05, 3.63) is 81.7 Å². The summed E-state index contributed by atoms with van der Waals surface area (Å²) in [6.45, 7) is 4.32. The lowest BCUT2D eigenvalue weighted by atomic mass is 10.1. The SMILES string of the molecule is C=CCn1c(=NC(=O)Cc2ccc([N+](=O)[O-])cc2)sc2ccccc21. The van der Waals surface area contributed by atoms with E-state index in [0.717, 1.165) is 10.2 Å². The minimum Gasteiger partial charge on any atom is -0.313 e. The number of para-hydroxylation sites is 1. The lowest BCUT2D eigenvalue weighted by Gasteiger charge is -2.00. The van der Waals surface area contributed by atoms with Crippen LogP contribution in [0.15, 0.2) is 66.2 Å². The molecule has 1 aromatic heterocycles. The van der Waals surface area contributed by atoms with Crippen LogP contribution < -0.4 is 4.80 Å². The summed E-state index contributed by atoms with van der Waals surface area (Å²) in [7, 11) is 0. The van der Waals surface area contributed by atoms with Crippen LogP contribution >= 0.6 is 11.3 Å². The Hall–Kier alpha value is -3.06. The van der Waals surface area contributed by atoms with Crippen molar-refractivity contribution in [2.24, 2.45) is 4.99 Å². The zero-order valence-corrected chi connectivity index (χ0v) is 14.1. The first-order valence-electron chi connectivity index (χ1n) is 7.58. The first kappa shape index (κ1) is 16.8. The number of nitro benzene ring substituents is 1. The number of non-ortho nitro benzene ring substituents is 1. The molecule has 2 aromatic carbocycles. The summed E-state index contributed by atoms with van der Waals surface area (Å²) in [6, 6.07) is 13.8. The van der Waals surface area contributed by atoms with Gasteiger partial charge in [-0.3, -0.25) is 14.9 Å². The van der Waals surface area contributed by atoms with E-state index >= 15 is 0 Å². The molecular formula is C18H15N3O3S. The molecular weight excluding hydrogens is 338 g/mol. The Morgan fingerprint density at radius 2 is 1.96 bits per heavy atom. The molecule has 3 aromatic rings. The van der Waals surface area contributed by atoms with Crippen molar-refractivity contribution >= 4 is 33.1 Å². The van der Waals surface area contributed by atoms with Crippen molar-refractivity contribution in [2.45, 2.75) is 13.0 Å². The predicted octanol–water partition coefficient (Wildman–Crippen LogP) is 3.47. The van der Waals surface area contributed by atoms with Crippen molar-refractivity contribution in [1.82, 2.24) is 4.57 Å². The topological polar surface area (TPSA) is 77.5 Å².